The number of hydrogen-bond acceptors (Lipinski definition) is 5. The molecule has 0 aliphatic carbocycles. The van der Waals surface area contributed by atoms with E-state index in [4.69, 9.17) is 4.74 Å². The normalized spacial score (nSPS) is 17.3. The van der Waals surface area contributed by atoms with E-state index in [0.717, 1.165) is 29.3 Å². The minimum absolute atomic E-state index is 0.0367. The maximum atomic E-state index is 12.8. The van der Waals surface area contributed by atoms with Crippen LogP contribution in [0.1, 0.15) is 34.8 Å². The van der Waals surface area contributed by atoms with Gasteiger partial charge in [0.25, 0.3) is 5.91 Å². The molecule has 6 nitrogen and oxygen atoms in total. The number of methoxy groups -OCH3 is 1. The molecule has 4 rings (SSSR count). The summed E-state index contributed by atoms with van der Waals surface area (Å²) in [6, 6.07) is 13.5. The van der Waals surface area contributed by atoms with Crippen molar-refractivity contribution in [3.05, 3.63) is 53.6 Å². The lowest BCUT2D eigenvalue weighted by molar-refractivity contribution is -0.113. The highest BCUT2D eigenvalue weighted by atomic mass is 32.2. The van der Waals surface area contributed by atoms with E-state index in [0.29, 0.717) is 23.5 Å². The summed E-state index contributed by atoms with van der Waals surface area (Å²) >= 11 is 1.49. The van der Waals surface area contributed by atoms with Crippen molar-refractivity contribution in [1.29, 1.82) is 0 Å². The molecule has 2 aromatic carbocycles. The highest BCUT2D eigenvalue weighted by Crippen LogP contribution is 2.33. The number of anilines is 1. The van der Waals surface area contributed by atoms with Gasteiger partial charge in [0.05, 0.1) is 24.6 Å². The summed E-state index contributed by atoms with van der Waals surface area (Å²) in [5.74, 6) is 1.07. The molecule has 2 N–H and O–H groups in total. The molecule has 0 saturated carbocycles. The van der Waals surface area contributed by atoms with E-state index in [-0.39, 0.29) is 17.9 Å². The van der Waals surface area contributed by atoms with Gasteiger partial charge in [-0.25, -0.2) is 0 Å². The van der Waals surface area contributed by atoms with Crippen LogP contribution in [0.2, 0.25) is 0 Å². The second-order valence-corrected chi connectivity index (χ2v) is 8.28. The van der Waals surface area contributed by atoms with Crippen molar-refractivity contribution in [3.8, 4) is 5.75 Å². The molecule has 0 aromatic heterocycles. The van der Waals surface area contributed by atoms with Crippen LogP contribution in [0.5, 0.6) is 5.75 Å². The van der Waals surface area contributed by atoms with Gasteiger partial charge < -0.3 is 15.4 Å². The summed E-state index contributed by atoms with van der Waals surface area (Å²) in [5.41, 5.74) is 2.35. The lowest BCUT2D eigenvalue weighted by Crippen LogP contribution is -2.37. The van der Waals surface area contributed by atoms with Crippen LogP contribution in [-0.4, -0.2) is 49.2 Å². The first-order valence-corrected chi connectivity index (χ1v) is 10.9. The van der Waals surface area contributed by atoms with Crippen molar-refractivity contribution in [3.63, 3.8) is 0 Å². The van der Waals surface area contributed by atoms with Crippen LogP contribution in [0, 0.1) is 0 Å². The van der Waals surface area contributed by atoms with E-state index in [2.05, 4.69) is 21.6 Å². The second-order valence-electron chi connectivity index (χ2n) is 7.26. The lowest BCUT2D eigenvalue weighted by Gasteiger charge is -2.29. The van der Waals surface area contributed by atoms with Crippen LogP contribution >= 0.6 is 11.8 Å². The molecule has 29 heavy (non-hydrogen) atoms. The fourth-order valence-corrected chi connectivity index (χ4v) is 4.74. The largest absolute Gasteiger partial charge is 0.496 e. The Morgan fingerprint density at radius 2 is 2.03 bits per heavy atom. The Morgan fingerprint density at radius 3 is 2.83 bits per heavy atom. The number of hydrogen-bond donors (Lipinski definition) is 2. The molecule has 0 spiro atoms. The molecule has 152 valence electrons. The average molecular weight is 412 g/mol. The van der Waals surface area contributed by atoms with Gasteiger partial charge in [-0.05, 0) is 50.2 Å². The zero-order valence-electron chi connectivity index (χ0n) is 16.4. The van der Waals surface area contributed by atoms with E-state index >= 15 is 0 Å². The molecule has 1 saturated heterocycles. The van der Waals surface area contributed by atoms with E-state index < -0.39 is 0 Å². The number of para-hydroxylation sites is 1. The molecular formula is C22H25N3O3S. The standard InChI is InChI=1S/C22H25N3O3S/c1-28-19-7-3-2-6-16(19)18(25-10-4-5-11-25)13-23-22(27)15-8-9-20-17(12-15)24-21(26)14-29-20/h2-3,6-9,12,18H,4-5,10-11,13-14H2,1H3,(H,23,27)(H,24,26)/t18-/m1/s1. The van der Waals surface area contributed by atoms with Gasteiger partial charge in [-0.2, -0.15) is 0 Å². The Kier molecular flexibility index (Phi) is 6.06. The van der Waals surface area contributed by atoms with Gasteiger partial charge in [0.1, 0.15) is 5.75 Å². The Bertz CT molecular complexity index is 912. The number of nitrogens with zero attached hydrogens (tertiary/aromatic N) is 1. The monoisotopic (exact) mass is 411 g/mol. The molecule has 2 aromatic rings. The Morgan fingerprint density at radius 1 is 1.24 bits per heavy atom. The van der Waals surface area contributed by atoms with Gasteiger partial charge in [-0.1, -0.05) is 18.2 Å². The van der Waals surface area contributed by atoms with Gasteiger partial charge in [0.2, 0.25) is 5.91 Å². The van der Waals surface area contributed by atoms with Crippen LogP contribution in [-0.2, 0) is 4.79 Å². The highest BCUT2D eigenvalue weighted by Gasteiger charge is 2.26. The lowest BCUT2D eigenvalue weighted by atomic mass is 10.0. The second kappa shape index (κ2) is 8.88. The van der Waals surface area contributed by atoms with Crippen molar-refractivity contribution < 1.29 is 14.3 Å². The maximum Gasteiger partial charge on any atom is 0.251 e. The van der Waals surface area contributed by atoms with Crippen LogP contribution in [0.15, 0.2) is 47.4 Å². The average Bonchev–Trinajstić information content (AvgIpc) is 3.28. The number of ether oxygens (including phenoxy) is 1. The number of benzene rings is 2. The van der Waals surface area contributed by atoms with Gasteiger partial charge in [-0.3, -0.25) is 14.5 Å². The zero-order chi connectivity index (χ0) is 20.2. The molecule has 0 unspecified atom stereocenters. The Balaban J connectivity index is 1.51. The fraction of sp³-hybridized carbons (Fsp3) is 0.364. The number of carbonyl (C=O) groups excluding carboxylic acids is 2. The molecule has 2 aliphatic rings. The smallest absolute Gasteiger partial charge is 0.251 e. The van der Waals surface area contributed by atoms with Crippen molar-refractivity contribution in [2.24, 2.45) is 0 Å². The van der Waals surface area contributed by atoms with Crippen molar-refractivity contribution in [1.82, 2.24) is 10.2 Å². The summed E-state index contributed by atoms with van der Waals surface area (Å²) in [4.78, 5) is 27.9. The summed E-state index contributed by atoms with van der Waals surface area (Å²) in [6.45, 7) is 2.53. The number of fused-ring (bicyclic) bond motifs is 1. The third kappa shape index (κ3) is 4.41. The highest BCUT2D eigenvalue weighted by molar-refractivity contribution is 8.00. The number of amides is 2. The van der Waals surface area contributed by atoms with Crippen LogP contribution < -0.4 is 15.4 Å². The molecule has 2 aliphatic heterocycles. The summed E-state index contributed by atoms with van der Waals surface area (Å²) in [7, 11) is 1.68. The molecule has 1 atom stereocenters. The SMILES string of the molecule is COc1ccccc1[C@@H](CNC(=O)c1ccc2c(c1)NC(=O)CS2)N1CCCC1. The number of likely N-dealkylation sites (tertiary alicyclic amines) is 1. The summed E-state index contributed by atoms with van der Waals surface area (Å²) in [6.07, 6.45) is 2.34. The fourth-order valence-electron chi connectivity index (χ4n) is 3.95. The first kappa shape index (κ1) is 19.8. The molecule has 0 radical (unpaired) electrons. The summed E-state index contributed by atoms with van der Waals surface area (Å²) < 4.78 is 5.57. The van der Waals surface area contributed by atoms with Crippen molar-refractivity contribution in [2.75, 3.05) is 37.8 Å². The quantitative estimate of drug-likeness (QED) is 0.763. The van der Waals surface area contributed by atoms with Crippen molar-refractivity contribution in [2.45, 2.75) is 23.8 Å². The number of thioether (sulfide) groups is 1. The molecule has 2 amide bonds. The third-order valence-corrected chi connectivity index (χ3v) is 6.48. The minimum Gasteiger partial charge on any atom is -0.496 e. The van der Waals surface area contributed by atoms with Gasteiger partial charge in [0.15, 0.2) is 0 Å². The van der Waals surface area contributed by atoms with E-state index in [1.165, 1.54) is 24.6 Å². The number of carbonyl (C=O) groups is 2. The van der Waals surface area contributed by atoms with E-state index in [1.807, 2.05) is 30.3 Å². The van der Waals surface area contributed by atoms with Gasteiger partial charge >= 0.3 is 0 Å². The molecular weight excluding hydrogens is 386 g/mol. The minimum atomic E-state index is -0.142. The van der Waals surface area contributed by atoms with Crippen LogP contribution in [0.4, 0.5) is 5.69 Å². The zero-order valence-corrected chi connectivity index (χ0v) is 17.3. The first-order chi connectivity index (χ1) is 14.2. The third-order valence-electron chi connectivity index (χ3n) is 5.41. The molecule has 0 bridgehead atoms. The molecule has 7 heteroatoms. The topological polar surface area (TPSA) is 70.7 Å². The van der Waals surface area contributed by atoms with Crippen molar-refractivity contribution >= 4 is 29.3 Å². The van der Waals surface area contributed by atoms with E-state index in [9.17, 15) is 9.59 Å². The predicted octanol–water partition coefficient (Wildman–Crippen LogP) is 3.31. The Labute approximate surface area is 175 Å². The maximum absolute atomic E-state index is 12.8. The van der Waals surface area contributed by atoms with Gasteiger partial charge in [-0.15, -0.1) is 11.8 Å². The summed E-state index contributed by atoms with van der Waals surface area (Å²) in [5, 5.41) is 5.93. The van der Waals surface area contributed by atoms with E-state index in [1.54, 1.807) is 13.2 Å². The number of nitrogens with one attached hydrogen (secondary N) is 2. The first-order valence-electron chi connectivity index (χ1n) is 9.87. The van der Waals surface area contributed by atoms with Crippen LogP contribution in [0.3, 0.4) is 0 Å². The molecule has 2 heterocycles. The predicted molar refractivity (Wildman–Crippen MR) is 115 cm³/mol. The number of rotatable bonds is 6. The van der Waals surface area contributed by atoms with Crippen LogP contribution in [0.25, 0.3) is 0 Å². The molecule has 1 fully saturated rings. The van der Waals surface area contributed by atoms with Gasteiger partial charge in [0, 0.05) is 22.6 Å². The Hall–Kier alpha value is -2.51.